The predicted molar refractivity (Wildman–Crippen MR) is 99.9 cm³/mol. The molecule has 2 heterocycles. The first kappa shape index (κ1) is 15.4. The van der Waals surface area contributed by atoms with E-state index >= 15 is 0 Å². The lowest BCUT2D eigenvalue weighted by Crippen LogP contribution is -1.91. The largest absolute Gasteiger partial charge is 0.316 e. The van der Waals surface area contributed by atoms with Gasteiger partial charge in [-0.1, -0.05) is 35.9 Å². The fraction of sp³-hybridized carbons (Fsp3) is 0. The molecular weight excluding hydrogens is 336 g/mol. The molecule has 4 rings (SSSR count). The van der Waals surface area contributed by atoms with Gasteiger partial charge in [0, 0.05) is 40.0 Å². The summed E-state index contributed by atoms with van der Waals surface area (Å²) in [6, 6.07) is 22.3. The van der Waals surface area contributed by atoms with Crippen LogP contribution in [-0.4, -0.2) is 9.32 Å². The van der Waals surface area contributed by atoms with E-state index in [2.05, 4.69) is 10.5 Å². The zero-order valence-electron chi connectivity index (χ0n) is 13.1. The van der Waals surface area contributed by atoms with Crippen molar-refractivity contribution < 1.29 is 4.92 Å². The maximum atomic E-state index is 10.9. The van der Waals surface area contributed by atoms with E-state index < -0.39 is 4.92 Å². The minimum atomic E-state index is -0.394. The molecule has 0 radical (unpaired) electrons. The monoisotopic (exact) mass is 348 g/mol. The molecule has 0 spiro atoms. The van der Waals surface area contributed by atoms with Crippen LogP contribution in [-0.2, 0) is 0 Å². The molecule has 0 bridgehead atoms. The van der Waals surface area contributed by atoms with Crippen molar-refractivity contribution in [3.05, 3.63) is 94.1 Å². The Morgan fingerprint density at radius 3 is 2.32 bits per heavy atom. The molecule has 2 aromatic heterocycles. The van der Waals surface area contributed by atoms with Crippen molar-refractivity contribution in [3.8, 4) is 22.4 Å². The highest BCUT2D eigenvalue weighted by Crippen LogP contribution is 2.38. The van der Waals surface area contributed by atoms with Crippen LogP contribution >= 0.6 is 11.6 Å². The molecule has 0 N–H and O–H groups in total. The highest BCUT2D eigenvalue weighted by atomic mass is 35.5. The van der Waals surface area contributed by atoms with E-state index in [4.69, 9.17) is 11.6 Å². The highest BCUT2D eigenvalue weighted by Gasteiger charge is 2.16. The van der Waals surface area contributed by atoms with Crippen molar-refractivity contribution >= 4 is 22.8 Å². The zero-order valence-corrected chi connectivity index (χ0v) is 13.9. The lowest BCUT2D eigenvalue weighted by Gasteiger charge is -2.09. The molecule has 0 saturated carbocycles. The second kappa shape index (κ2) is 6.07. The number of non-ortho nitro benzene ring substituents is 1. The van der Waals surface area contributed by atoms with Gasteiger partial charge in [-0.15, -0.1) is 0 Å². The highest BCUT2D eigenvalue weighted by molar-refractivity contribution is 6.33. The van der Waals surface area contributed by atoms with E-state index in [0.29, 0.717) is 5.02 Å². The first-order valence-electron chi connectivity index (χ1n) is 7.75. The minimum absolute atomic E-state index is 0.0731. The summed E-state index contributed by atoms with van der Waals surface area (Å²) in [6.07, 6.45) is 1.98. The van der Waals surface area contributed by atoms with Gasteiger partial charge in [0.15, 0.2) is 0 Å². The molecule has 0 saturated heterocycles. The molecule has 0 unspecified atom stereocenters. The van der Waals surface area contributed by atoms with Gasteiger partial charge < -0.3 is 4.40 Å². The quantitative estimate of drug-likeness (QED) is 0.345. The SMILES string of the molecule is O=[N+]([O-])c1ccc(-c2c(-c3ccccc3Cl)cc3ccccn23)cc1. The normalized spacial score (nSPS) is 10.9. The Morgan fingerprint density at radius 1 is 0.880 bits per heavy atom. The van der Waals surface area contributed by atoms with Crippen LogP contribution in [0.4, 0.5) is 5.69 Å². The fourth-order valence-electron chi connectivity index (χ4n) is 3.04. The number of hydrogen-bond acceptors (Lipinski definition) is 2. The number of aromatic nitrogens is 1. The standard InChI is InChI=1S/C20H13ClN2O2/c21-19-7-2-1-6-17(19)18-13-16-5-3-4-12-22(16)20(18)14-8-10-15(11-9-14)23(24)25/h1-13H. The van der Waals surface area contributed by atoms with Crippen LogP contribution in [0.5, 0.6) is 0 Å². The number of pyridine rings is 1. The summed E-state index contributed by atoms with van der Waals surface area (Å²) in [5, 5.41) is 11.6. The summed E-state index contributed by atoms with van der Waals surface area (Å²) >= 11 is 6.41. The predicted octanol–water partition coefficient (Wildman–Crippen LogP) is 5.83. The molecule has 0 amide bonds. The Bertz CT molecular complexity index is 1080. The summed E-state index contributed by atoms with van der Waals surface area (Å²) in [4.78, 5) is 10.5. The van der Waals surface area contributed by atoms with Crippen molar-refractivity contribution in [2.75, 3.05) is 0 Å². The van der Waals surface area contributed by atoms with E-state index in [1.54, 1.807) is 12.1 Å². The van der Waals surface area contributed by atoms with Crippen LogP contribution < -0.4 is 0 Å². The molecule has 0 aliphatic carbocycles. The third kappa shape index (κ3) is 2.66. The van der Waals surface area contributed by atoms with Crippen LogP contribution in [0.15, 0.2) is 79.0 Å². The molecule has 0 atom stereocenters. The van der Waals surface area contributed by atoms with E-state index in [-0.39, 0.29) is 5.69 Å². The van der Waals surface area contributed by atoms with Gasteiger partial charge >= 0.3 is 0 Å². The van der Waals surface area contributed by atoms with Crippen molar-refractivity contribution in [2.45, 2.75) is 0 Å². The van der Waals surface area contributed by atoms with Gasteiger partial charge in [0.25, 0.3) is 5.69 Å². The third-order valence-corrected chi connectivity index (χ3v) is 4.52. The number of benzene rings is 2. The van der Waals surface area contributed by atoms with Gasteiger partial charge in [-0.05, 0) is 42.0 Å². The number of nitrogens with zero attached hydrogens (tertiary/aromatic N) is 2. The van der Waals surface area contributed by atoms with Crippen LogP contribution in [0, 0.1) is 10.1 Å². The van der Waals surface area contributed by atoms with E-state index in [1.165, 1.54) is 12.1 Å². The topological polar surface area (TPSA) is 47.5 Å². The lowest BCUT2D eigenvalue weighted by molar-refractivity contribution is -0.384. The molecule has 0 aliphatic heterocycles. The number of hydrogen-bond donors (Lipinski definition) is 0. The lowest BCUT2D eigenvalue weighted by atomic mass is 10.0. The Balaban J connectivity index is 2.00. The summed E-state index contributed by atoms with van der Waals surface area (Å²) in [5.74, 6) is 0. The minimum Gasteiger partial charge on any atom is -0.316 e. The molecule has 25 heavy (non-hydrogen) atoms. The van der Waals surface area contributed by atoms with Gasteiger partial charge in [-0.3, -0.25) is 10.1 Å². The van der Waals surface area contributed by atoms with E-state index in [0.717, 1.165) is 27.9 Å². The molecule has 2 aromatic carbocycles. The number of rotatable bonds is 3. The van der Waals surface area contributed by atoms with Crippen LogP contribution in [0.2, 0.25) is 5.02 Å². The Labute approximate surface area is 149 Å². The summed E-state index contributed by atoms with van der Waals surface area (Å²) in [5.41, 5.74) is 4.88. The molecule has 4 aromatic rings. The molecular formula is C20H13ClN2O2. The Morgan fingerprint density at radius 2 is 1.60 bits per heavy atom. The molecule has 4 nitrogen and oxygen atoms in total. The van der Waals surface area contributed by atoms with Gasteiger partial charge in [0.05, 0.1) is 10.6 Å². The number of nitro groups is 1. The summed E-state index contributed by atoms with van der Waals surface area (Å²) in [6.45, 7) is 0. The van der Waals surface area contributed by atoms with Gasteiger partial charge in [-0.2, -0.15) is 0 Å². The maximum Gasteiger partial charge on any atom is 0.269 e. The van der Waals surface area contributed by atoms with Crippen LogP contribution in [0.1, 0.15) is 0 Å². The van der Waals surface area contributed by atoms with Crippen molar-refractivity contribution in [1.29, 1.82) is 0 Å². The van der Waals surface area contributed by atoms with Gasteiger partial charge in [-0.25, -0.2) is 0 Å². The van der Waals surface area contributed by atoms with Crippen LogP contribution in [0.3, 0.4) is 0 Å². The zero-order chi connectivity index (χ0) is 17.4. The molecule has 5 heteroatoms. The van der Waals surface area contributed by atoms with E-state index in [9.17, 15) is 10.1 Å². The molecule has 0 aliphatic rings. The average molecular weight is 349 g/mol. The number of halogens is 1. The van der Waals surface area contributed by atoms with Crippen molar-refractivity contribution in [1.82, 2.24) is 4.40 Å². The fourth-order valence-corrected chi connectivity index (χ4v) is 3.28. The molecule has 0 fully saturated rings. The van der Waals surface area contributed by atoms with Crippen molar-refractivity contribution in [3.63, 3.8) is 0 Å². The maximum absolute atomic E-state index is 10.9. The van der Waals surface area contributed by atoms with Crippen LogP contribution in [0.25, 0.3) is 27.9 Å². The third-order valence-electron chi connectivity index (χ3n) is 4.20. The number of fused-ring (bicyclic) bond motifs is 1. The van der Waals surface area contributed by atoms with Gasteiger partial charge in [0.2, 0.25) is 0 Å². The first-order chi connectivity index (χ1) is 12.1. The van der Waals surface area contributed by atoms with Crippen molar-refractivity contribution in [2.24, 2.45) is 0 Å². The van der Waals surface area contributed by atoms with E-state index in [1.807, 2.05) is 48.7 Å². The Kier molecular flexibility index (Phi) is 3.75. The smallest absolute Gasteiger partial charge is 0.269 e. The van der Waals surface area contributed by atoms with Gasteiger partial charge in [0.1, 0.15) is 0 Å². The second-order valence-electron chi connectivity index (χ2n) is 5.69. The number of nitro benzene ring substituents is 1. The first-order valence-corrected chi connectivity index (χ1v) is 8.13. The second-order valence-corrected chi connectivity index (χ2v) is 6.09. The summed E-state index contributed by atoms with van der Waals surface area (Å²) < 4.78 is 2.07. The summed E-state index contributed by atoms with van der Waals surface area (Å²) in [7, 11) is 0. The Hall–Kier alpha value is -3.11. The molecule has 122 valence electrons. The average Bonchev–Trinajstić information content (AvgIpc) is 3.01.